The van der Waals surface area contributed by atoms with Gasteiger partial charge in [0.1, 0.15) is 5.92 Å². The van der Waals surface area contributed by atoms with Gasteiger partial charge in [-0.1, -0.05) is 54.6 Å². The lowest BCUT2D eigenvalue weighted by Gasteiger charge is -2.12. The van der Waals surface area contributed by atoms with Crippen LogP contribution in [0.25, 0.3) is 0 Å². The minimum Gasteiger partial charge on any atom is -0.468 e. The molecule has 0 aliphatic rings. The van der Waals surface area contributed by atoms with Crippen molar-refractivity contribution in [2.75, 3.05) is 7.11 Å². The van der Waals surface area contributed by atoms with E-state index in [9.17, 15) is 14.4 Å². The molecule has 4 nitrogen and oxygen atoms in total. The van der Waals surface area contributed by atoms with Gasteiger partial charge < -0.3 is 4.74 Å². The van der Waals surface area contributed by atoms with Gasteiger partial charge in [0.2, 0.25) is 5.12 Å². The first-order valence-corrected chi connectivity index (χ1v) is 9.04. The van der Waals surface area contributed by atoms with Crippen molar-refractivity contribution in [1.82, 2.24) is 0 Å². The molecule has 0 aliphatic carbocycles. The molecule has 0 saturated carbocycles. The Balaban J connectivity index is 1.92. The maximum Gasteiger partial charge on any atom is 0.316 e. The Labute approximate surface area is 157 Å². The van der Waals surface area contributed by atoms with Crippen molar-refractivity contribution in [2.24, 2.45) is 5.92 Å². The molecule has 0 aliphatic heterocycles. The van der Waals surface area contributed by atoms with E-state index in [4.69, 9.17) is 4.74 Å². The van der Waals surface area contributed by atoms with Gasteiger partial charge in [-0.25, -0.2) is 0 Å². The van der Waals surface area contributed by atoms with Crippen molar-refractivity contribution >= 4 is 28.6 Å². The highest BCUT2D eigenvalue weighted by molar-refractivity contribution is 8.14. The summed E-state index contributed by atoms with van der Waals surface area (Å²) in [6.07, 6.45) is 3.88. The molecule has 0 N–H and O–H groups in total. The molecule has 2 rings (SSSR count). The van der Waals surface area contributed by atoms with Crippen molar-refractivity contribution in [1.29, 1.82) is 0 Å². The molecule has 1 unspecified atom stereocenters. The summed E-state index contributed by atoms with van der Waals surface area (Å²) >= 11 is 1.13. The summed E-state index contributed by atoms with van der Waals surface area (Å²) < 4.78 is 4.76. The first-order valence-electron chi connectivity index (χ1n) is 8.22. The zero-order valence-electron chi connectivity index (χ0n) is 14.5. The van der Waals surface area contributed by atoms with Crippen molar-refractivity contribution in [3.05, 3.63) is 78.4 Å². The predicted molar refractivity (Wildman–Crippen MR) is 102 cm³/mol. The summed E-state index contributed by atoms with van der Waals surface area (Å²) in [5.41, 5.74) is 0.475. The fraction of sp³-hybridized carbons (Fsp3) is 0.190. The third-order valence-electron chi connectivity index (χ3n) is 3.70. The number of allylic oxidation sites excluding steroid dienone is 1. The first kappa shape index (κ1) is 19.7. The molecule has 0 spiro atoms. The van der Waals surface area contributed by atoms with Crippen LogP contribution in [0.1, 0.15) is 23.2 Å². The molecule has 2 aromatic carbocycles. The number of hydrogen-bond donors (Lipinski definition) is 0. The summed E-state index contributed by atoms with van der Waals surface area (Å²) in [4.78, 5) is 37.3. The van der Waals surface area contributed by atoms with E-state index in [2.05, 4.69) is 0 Å². The van der Waals surface area contributed by atoms with E-state index in [1.54, 1.807) is 30.3 Å². The minimum absolute atomic E-state index is 0.0970. The van der Waals surface area contributed by atoms with E-state index >= 15 is 0 Å². The van der Waals surface area contributed by atoms with Crippen LogP contribution in [0.4, 0.5) is 0 Å². The Bertz CT molecular complexity index is 769. The SMILES string of the molecule is COC(=O)C(CC/C=C/C(=O)Sc1ccccc1)C(=O)c1ccccc1. The molecule has 2 aromatic rings. The van der Waals surface area contributed by atoms with Gasteiger partial charge >= 0.3 is 5.97 Å². The summed E-state index contributed by atoms with van der Waals surface area (Å²) in [5.74, 6) is -1.70. The largest absolute Gasteiger partial charge is 0.468 e. The van der Waals surface area contributed by atoms with Gasteiger partial charge in [-0.15, -0.1) is 0 Å². The molecule has 0 heterocycles. The zero-order chi connectivity index (χ0) is 18.8. The van der Waals surface area contributed by atoms with Gasteiger partial charge in [-0.2, -0.15) is 0 Å². The Kier molecular flexibility index (Phi) is 7.83. The van der Waals surface area contributed by atoms with Crippen LogP contribution < -0.4 is 0 Å². The van der Waals surface area contributed by atoms with Crippen molar-refractivity contribution < 1.29 is 19.1 Å². The maximum absolute atomic E-state index is 12.5. The van der Waals surface area contributed by atoms with E-state index in [0.717, 1.165) is 16.7 Å². The highest BCUT2D eigenvalue weighted by Gasteiger charge is 2.27. The topological polar surface area (TPSA) is 60.4 Å². The standard InChI is InChI=1S/C21H20O4S/c1-25-21(24)18(20(23)16-10-4-2-5-11-16)14-8-9-15-19(22)26-17-12-6-3-7-13-17/h2-7,9-13,15,18H,8,14H2,1H3/b15-9+. The van der Waals surface area contributed by atoms with Gasteiger partial charge in [0.05, 0.1) is 7.11 Å². The number of carbonyl (C=O) groups excluding carboxylic acids is 3. The van der Waals surface area contributed by atoms with Crippen LogP contribution in [0.5, 0.6) is 0 Å². The zero-order valence-corrected chi connectivity index (χ0v) is 15.3. The van der Waals surface area contributed by atoms with Crippen molar-refractivity contribution in [3.8, 4) is 0 Å². The van der Waals surface area contributed by atoms with E-state index in [-0.39, 0.29) is 10.9 Å². The molecule has 26 heavy (non-hydrogen) atoms. The van der Waals surface area contributed by atoms with Crippen LogP contribution in [0.2, 0.25) is 0 Å². The van der Waals surface area contributed by atoms with Gasteiger partial charge in [0.15, 0.2) is 5.78 Å². The number of carbonyl (C=O) groups is 3. The molecular formula is C21H20O4S. The van der Waals surface area contributed by atoms with Crippen LogP contribution in [0, 0.1) is 5.92 Å². The van der Waals surface area contributed by atoms with E-state index in [1.165, 1.54) is 13.2 Å². The molecule has 0 saturated heterocycles. The lowest BCUT2D eigenvalue weighted by atomic mass is 9.93. The molecule has 0 aromatic heterocycles. The molecule has 5 heteroatoms. The van der Waals surface area contributed by atoms with Crippen LogP contribution in [0.15, 0.2) is 77.7 Å². The Morgan fingerprint density at radius 3 is 2.23 bits per heavy atom. The number of esters is 1. The maximum atomic E-state index is 12.5. The Hall–Kier alpha value is -2.66. The monoisotopic (exact) mass is 368 g/mol. The van der Waals surface area contributed by atoms with Crippen LogP contribution in [-0.4, -0.2) is 24.0 Å². The summed E-state index contributed by atoms with van der Waals surface area (Å²) in [5, 5.41) is -0.0970. The molecule has 0 radical (unpaired) electrons. The van der Waals surface area contributed by atoms with Crippen molar-refractivity contribution in [2.45, 2.75) is 17.7 Å². The van der Waals surface area contributed by atoms with Gasteiger partial charge in [-0.05, 0) is 42.8 Å². The number of hydrogen-bond acceptors (Lipinski definition) is 5. The molecule has 0 amide bonds. The molecule has 0 fully saturated rings. The number of benzene rings is 2. The van der Waals surface area contributed by atoms with Crippen LogP contribution in [0.3, 0.4) is 0 Å². The van der Waals surface area contributed by atoms with Gasteiger partial charge in [0, 0.05) is 10.5 Å². The van der Waals surface area contributed by atoms with Gasteiger partial charge in [-0.3, -0.25) is 14.4 Å². The number of methoxy groups -OCH3 is 1. The summed E-state index contributed by atoms with van der Waals surface area (Å²) in [7, 11) is 1.27. The number of rotatable bonds is 8. The normalized spacial score (nSPS) is 11.9. The number of ether oxygens (including phenoxy) is 1. The third-order valence-corrected chi connectivity index (χ3v) is 4.54. The van der Waals surface area contributed by atoms with E-state index in [1.807, 2.05) is 36.4 Å². The predicted octanol–water partition coefficient (Wildman–Crippen LogP) is 4.31. The quantitative estimate of drug-likeness (QED) is 0.228. The summed E-state index contributed by atoms with van der Waals surface area (Å²) in [6.45, 7) is 0. The number of thioether (sulfide) groups is 1. The van der Waals surface area contributed by atoms with Crippen molar-refractivity contribution in [3.63, 3.8) is 0 Å². The lowest BCUT2D eigenvalue weighted by molar-refractivity contribution is -0.143. The molecule has 0 bridgehead atoms. The molecular weight excluding hydrogens is 348 g/mol. The van der Waals surface area contributed by atoms with Crippen LogP contribution in [-0.2, 0) is 14.3 Å². The van der Waals surface area contributed by atoms with Gasteiger partial charge in [0.25, 0.3) is 0 Å². The second-order valence-electron chi connectivity index (χ2n) is 5.52. The molecule has 134 valence electrons. The second kappa shape index (κ2) is 10.4. The van der Waals surface area contributed by atoms with E-state index < -0.39 is 11.9 Å². The smallest absolute Gasteiger partial charge is 0.316 e. The average Bonchev–Trinajstić information content (AvgIpc) is 2.68. The highest BCUT2D eigenvalue weighted by atomic mass is 32.2. The third kappa shape index (κ3) is 6.01. The summed E-state index contributed by atoms with van der Waals surface area (Å²) in [6, 6.07) is 18.0. The lowest BCUT2D eigenvalue weighted by Crippen LogP contribution is -2.25. The van der Waals surface area contributed by atoms with E-state index in [0.29, 0.717) is 18.4 Å². The number of Topliss-reactive ketones (excluding diaryl/α,β-unsaturated/α-hetero) is 1. The fourth-order valence-electron chi connectivity index (χ4n) is 2.38. The number of ketones is 1. The Morgan fingerprint density at radius 2 is 1.62 bits per heavy atom. The average molecular weight is 368 g/mol. The Morgan fingerprint density at radius 1 is 1.00 bits per heavy atom. The fourth-order valence-corrected chi connectivity index (χ4v) is 3.07. The first-order chi connectivity index (χ1) is 12.6. The second-order valence-corrected chi connectivity index (χ2v) is 6.60. The minimum atomic E-state index is -0.871. The molecule has 1 atom stereocenters. The highest BCUT2D eigenvalue weighted by Crippen LogP contribution is 2.20. The van der Waals surface area contributed by atoms with Crippen LogP contribution >= 0.6 is 11.8 Å².